The second kappa shape index (κ2) is 4.95. The minimum atomic E-state index is -1.81. The van der Waals surface area contributed by atoms with Gasteiger partial charge in [-0.3, -0.25) is 0 Å². The maximum Gasteiger partial charge on any atom is 0.491 e. The van der Waals surface area contributed by atoms with Crippen LogP contribution in [-0.2, 0) is 0 Å². The lowest BCUT2D eigenvalue weighted by atomic mass is 9.80. The molecule has 0 aliphatic carbocycles. The van der Waals surface area contributed by atoms with Gasteiger partial charge in [-0.05, 0) is 18.6 Å². The molecule has 0 fully saturated rings. The maximum atomic E-state index is 13.2. The van der Waals surface area contributed by atoms with Crippen LogP contribution in [0, 0.1) is 5.82 Å². The summed E-state index contributed by atoms with van der Waals surface area (Å²) in [5.41, 5.74) is 0.652. The van der Waals surface area contributed by atoms with Gasteiger partial charge in [0.1, 0.15) is 18.2 Å². The Morgan fingerprint density at radius 2 is 2.20 bits per heavy atom. The molecule has 1 aromatic rings. The van der Waals surface area contributed by atoms with Gasteiger partial charge in [0.2, 0.25) is 0 Å². The third-order valence-electron chi connectivity index (χ3n) is 1.74. The first-order chi connectivity index (χ1) is 7.00. The first kappa shape index (κ1) is 11.7. The van der Waals surface area contributed by atoms with Crippen LogP contribution in [0.2, 0.25) is 0 Å². The van der Waals surface area contributed by atoms with E-state index in [0.29, 0.717) is 12.4 Å². The second-order valence-corrected chi connectivity index (χ2v) is 3.30. The van der Waals surface area contributed by atoms with Crippen molar-refractivity contribution in [3.8, 4) is 5.75 Å². The summed E-state index contributed by atoms with van der Waals surface area (Å²) in [7, 11) is -1.81. The van der Waals surface area contributed by atoms with Crippen LogP contribution in [0.5, 0.6) is 5.75 Å². The molecular weight excluding hydrogens is 198 g/mol. The highest BCUT2D eigenvalue weighted by atomic mass is 19.1. The van der Waals surface area contributed by atoms with Gasteiger partial charge in [-0.1, -0.05) is 12.6 Å². The van der Waals surface area contributed by atoms with Crippen molar-refractivity contribution in [1.82, 2.24) is 0 Å². The predicted molar refractivity (Wildman–Crippen MR) is 56.5 cm³/mol. The fourth-order valence-corrected chi connectivity index (χ4v) is 1.01. The summed E-state index contributed by atoms with van der Waals surface area (Å²) in [6.45, 7) is 5.74. The molecule has 0 heterocycles. The maximum absolute atomic E-state index is 13.2. The number of benzene rings is 1. The summed E-state index contributed by atoms with van der Waals surface area (Å²) >= 11 is 0. The molecule has 0 aliphatic rings. The molecule has 0 atom stereocenters. The molecule has 0 saturated heterocycles. The van der Waals surface area contributed by atoms with Crippen LogP contribution < -0.4 is 10.2 Å². The van der Waals surface area contributed by atoms with Crippen molar-refractivity contribution in [2.24, 2.45) is 0 Å². The molecule has 5 heteroatoms. The van der Waals surface area contributed by atoms with Crippen LogP contribution in [0.15, 0.2) is 30.4 Å². The number of halogens is 1. The standard InChI is InChI=1S/C10H12BFO3/c1-7(2)6-15-8-3-4-9(11(13)14)10(12)5-8/h3-5,13-14H,1,6H2,2H3. The highest BCUT2D eigenvalue weighted by molar-refractivity contribution is 6.58. The van der Waals surface area contributed by atoms with E-state index >= 15 is 0 Å². The molecule has 0 bridgehead atoms. The van der Waals surface area contributed by atoms with Crippen LogP contribution in [0.25, 0.3) is 0 Å². The molecule has 0 unspecified atom stereocenters. The normalized spacial score (nSPS) is 9.87. The number of hydrogen-bond acceptors (Lipinski definition) is 3. The van der Waals surface area contributed by atoms with E-state index in [2.05, 4.69) is 6.58 Å². The van der Waals surface area contributed by atoms with Gasteiger partial charge in [0, 0.05) is 11.5 Å². The lowest BCUT2D eigenvalue weighted by Crippen LogP contribution is -2.32. The summed E-state index contributed by atoms with van der Waals surface area (Å²) < 4.78 is 18.4. The molecule has 80 valence electrons. The average Bonchev–Trinajstić information content (AvgIpc) is 2.14. The van der Waals surface area contributed by atoms with E-state index < -0.39 is 12.9 Å². The molecule has 15 heavy (non-hydrogen) atoms. The van der Waals surface area contributed by atoms with Gasteiger partial charge in [0.15, 0.2) is 0 Å². The molecule has 1 aromatic carbocycles. The lowest BCUT2D eigenvalue weighted by Gasteiger charge is -2.07. The molecule has 0 amide bonds. The van der Waals surface area contributed by atoms with Crippen LogP contribution >= 0.6 is 0 Å². The predicted octanol–water partition coefficient (Wildman–Crippen LogP) is 0.460. The SMILES string of the molecule is C=C(C)COc1ccc(B(O)O)c(F)c1. The molecule has 0 aromatic heterocycles. The first-order valence-electron chi connectivity index (χ1n) is 4.43. The minimum Gasteiger partial charge on any atom is -0.489 e. The summed E-state index contributed by atoms with van der Waals surface area (Å²) in [6.07, 6.45) is 0. The van der Waals surface area contributed by atoms with Gasteiger partial charge in [-0.15, -0.1) is 0 Å². The van der Waals surface area contributed by atoms with Crippen molar-refractivity contribution in [1.29, 1.82) is 0 Å². The van der Waals surface area contributed by atoms with E-state index in [1.165, 1.54) is 12.1 Å². The zero-order valence-corrected chi connectivity index (χ0v) is 8.40. The van der Waals surface area contributed by atoms with Gasteiger partial charge in [0.05, 0.1) is 0 Å². The van der Waals surface area contributed by atoms with Crippen LogP contribution in [-0.4, -0.2) is 23.8 Å². The van der Waals surface area contributed by atoms with E-state index in [1.807, 2.05) is 0 Å². The minimum absolute atomic E-state index is 0.169. The quantitative estimate of drug-likeness (QED) is 0.560. The van der Waals surface area contributed by atoms with E-state index in [0.717, 1.165) is 11.6 Å². The Kier molecular flexibility index (Phi) is 3.88. The fourth-order valence-electron chi connectivity index (χ4n) is 1.01. The Hall–Kier alpha value is -1.33. The van der Waals surface area contributed by atoms with Gasteiger partial charge in [-0.25, -0.2) is 4.39 Å². The monoisotopic (exact) mass is 210 g/mol. The van der Waals surface area contributed by atoms with Crippen molar-refractivity contribution in [3.63, 3.8) is 0 Å². The van der Waals surface area contributed by atoms with Crippen molar-refractivity contribution in [3.05, 3.63) is 36.2 Å². The highest BCUT2D eigenvalue weighted by Crippen LogP contribution is 2.11. The van der Waals surface area contributed by atoms with Crippen molar-refractivity contribution < 1.29 is 19.2 Å². The summed E-state index contributed by atoms with van der Waals surface area (Å²) in [5, 5.41) is 17.5. The Labute approximate surface area is 88.0 Å². The van der Waals surface area contributed by atoms with Crippen LogP contribution in [0.3, 0.4) is 0 Å². The molecule has 0 radical (unpaired) electrons. The third-order valence-corrected chi connectivity index (χ3v) is 1.74. The van der Waals surface area contributed by atoms with Gasteiger partial charge in [0.25, 0.3) is 0 Å². The molecule has 2 N–H and O–H groups in total. The molecule has 0 spiro atoms. The molecular formula is C10H12BFO3. The zero-order valence-electron chi connectivity index (χ0n) is 8.40. The Morgan fingerprint density at radius 3 is 2.67 bits per heavy atom. The summed E-state index contributed by atoms with van der Waals surface area (Å²) in [5.74, 6) is -0.371. The van der Waals surface area contributed by atoms with E-state index in [9.17, 15) is 4.39 Å². The van der Waals surface area contributed by atoms with Crippen molar-refractivity contribution in [2.75, 3.05) is 6.61 Å². The summed E-state index contributed by atoms with van der Waals surface area (Å²) in [4.78, 5) is 0. The Morgan fingerprint density at radius 1 is 1.53 bits per heavy atom. The van der Waals surface area contributed by atoms with Crippen molar-refractivity contribution >= 4 is 12.6 Å². The number of hydrogen-bond donors (Lipinski definition) is 2. The number of ether oxygens (including phenoxy) is 1. The lowest BCUT2D eigenvalue weighted by molar-refractivity contribution is 0.350. The second-order valence-electron chi connectivity index (χ2n) is 3.30. The van der Waals surface area contributed by atoms with Crippen LogP contribution in [0.1, 0.15) is 6.92 Å². The molecule has 3 nitrogen and oxygen atoms in total. The fraction of sp³-hybridized carbons (Fsp3) is 0.200. The van der Waals surface area contributed by atoms with E-state index in [-0.39, 0.29) is 5.46 Å². The largest absolute Gasteiger partial charge is 0.491 e. The molecule has 0 aliphatic heterocycles. The van der Waals surface area contributed by atoms with Gasteiger partial charge >= 0.3 is 7.12 Å². The zero-order chi connectivity index (χ0) is 11.4. The Balaban J connectivity index is 2.77. The van der Waals surface area contributed by atoms with E-state index in [1.54, 1.807) is 6.92 Å². The Bertz CT molecular complexity index is 366. The highest BCUT2D eigenvalue weighted by Gasteiger charge is 2.16. The molecule has 0 saturated carbocycles. The third kappa shape index (κ3) is 3.38. The summed E-state index contributed by atoms with van der Waals surface area (Å²) in [6, 6.07) is 3.85. The van der Waals surface area contributed by atoms with Crippen molar-refractivity contribution in [2.45, 2.75) is 6.92 Å². The average molecular weight is 210 g/mol. The van der Waals surface area contributed by atoms with E-state index in [4.69, 9.17) is 14.8 Å². The van der Waals surface area contributed by atoms with Gasteiger partial charge < -0.3 is 14.8 Å². The van der Waals surface area contributed by atoms with Gasteiger partial charge in [-0.2, -0.15) is 0 Å². The molecule has 1 rings (SSSR count). The van der Waals surface area contributed by atoms with Crippen LogP contribution in [0.4, 0.5) is 4.39 Å². The topological polar surface area (TPSA) is 49.7 Å². The number of rotatable bonds is 4. The smallest absolute Gasteiger partial charge is 0.489 e. The first-order valence-corrected chi connectivity index (χ1v) is 4.43.